The van der Waals surface area contributed by atoms with Crippen molar-refractivity contribution in [2.75, 3.05) is 19.4 Å². The summed E-state index contributed by atoms with van der Waals surface area (Å²) in [6, 6.07) is 35.9. The highest BCUT2D eigenvalue weighted by Crippen LogP contribution is 2.39. The van der Waals surface area contributed by atoms with Gasteiger partial charge in [-0.15, -0.1) is 0 Å². The molecule has 0 saturated heterocycles. The van der Waals surface area contributed by atoms with Crippen molar-refractivity contribution in [2.45, 2.75) is 12.1 Å². The van der Waals surface area contributed by atoms with Crippen LogP contribution in [0.25, 0.3) is 0 Å². The highest BCUT2D eigenvalue weighted by atomic mass is 15.1. The Balaban J connectivity index is 1.87. The minimum absolute atomic E-state index is 0.556. The second-order valence-electron chi connectivity index (χ2n) is 7.76. The third kappa shape index (κ3) is 4.12. The van der Waals surface area contributed by atoms with E-state index in [1.54, 1.807) is 0 Å². The van der Waals surface area contributed by atoms with Crippen molar-refractivity contribution < 1.29 is 0 Å². The van der Waals surface area contributed by atoms with Crippen molar-refractivity contribution in [1.29, 1.82) is 0 Å². The first-order valence-corrected chi connectivity index (χ1v) is 10.2. The Hall–Kier alpha value is -3.43. The number of hydrogen-bond donors (Lipinski definition) is 1. The van der Waals surface area contributed by atoms with Gasteiger partial charge in [-0.1, -0.05) is 97.1 Å². The topological polar surface area (TPSA) is 28.2 Å². The maximum atomic E-state index is 4.76. The van der Waals surface area contributed by atoms with Gasteiger partial charge in [-0.25, -0.2) is 4.98 Å². The van der Waals surface area contributed by atoms with E-state index in [1.807, 2.05) is 6.20 Å². The van der Waals surface area contributed by atoms with E-state index < -0.39 is 5.54 Å². The van der Waals surface area contributed by atoms with Crippen LogP contribution < -0.4 is 5.32 Å². The predicted molar refractivity (Wildman–Crippen MR) is 124 cm³/mol. The van der Waals surface area contributed by atoms with Crippen molar-refractivity contribution in [3.8, 4) is 0 Å². The maximum Gasteiger partial charge on any atom is 0.127 e. The molecule has 0 amide bonds. The summed E-state index contributed by atoms with van der Waals surface area (Å²) in [4.78, 5) is 6.90. The first kappa shape index (κ1) is 19.9. The molecule has 3 aromatic carbocycles. The molecule has 0 aliphatic heterocycles. The van der Waals surface area contributed by atoms with E-state index in [1.165, 1.54) is 22.3 Å². The Bertz CT molecular complexity index is 947. The number of benzene rings is 3. The van der Waals surface area contributed by atoms with Crippen molar-refractivity contribution in [3.05, 3.63) is 132 Å². The molecular formula is C27H27N3. The first-order chi connectivity index (χ1) is 14.7. The van der Waals surface area contributed by atoms with Crippen LogP contribution in [0, 0.1) is 0 Å². The summed E-state index contributed by atoms with van der Waals surface area (Å²) in [6.45, 7) is 0.870. The molecule has 0 saturated carbocycles. The predicted octanol–water partition coefficient (Wildman–Crippen LogP) is 5.55. The monoisotopic (exact) mass is 393 g/mol. The number of nitrogens with one attached hydrogen (secondary N) is 1. The lowest BCUT2D eigenvalue weighted by atomic mass is 9.77. The Labute approximate surface area is 179 Å². The molecule has 0 unspecified atom stereocenters. The largest absolute Gasteiger partial charge is 0.353 e. The average molecular weight is 394 g/mol. The van der Waals surface area contributed by atoms with Crippen LogP contribution in [0.5, 0.6) is 0 Å². The zero-order chi connectivity index (χ0) is 20.8. The van der Waals surface area contributed by atoms with Crippen LogP contribution in [0.4, 0.5) is 5.82 Å². The SMILES string of the molecule is CN(C)Cc1ccc(NC(c2ccccc2)(c2ccccc2)c2ccccc2)nc1. The van der Waals surface area contributed by atoms with E-state index in [0.717, 1.165) is 12.4 Å². The highest BCUT2D eigenvalue weighted by Gasteiger charge is 2.36. The van der Waals surface area contributed by atoms with Gasteiger partial charge in [0.25, 0.3) is 0 Å². The molecule has 1 heterocycles. The van der Waals surface area contributed by atoms with Gasteiger partial charge in [0.1, 0.15) is 11.4 Å². The van der Waals surface area contributed by atoms with Crippen molar-refractivity contribution >= 4 is 5.82 Å². The molecule has 0 radical (unpaired) electrons. The van der Waals surface area contributed by atoms with E-state index in [9.17, 15) is 0 Å². The average Bonchev–Trinajstić information content (AvgIpc) is 2.80. The van der Waals surface area contributed by atoms with Crippen LogP contribution >= 0.6 is 0 Å². The highest BCUT2D eigenvalue weighted by molar-refractivity contribution is 5.58. The number of anilines is 1. The molecular weight excluding hydrogens is 366 g/mol. The first-order valence-electron chi connectivity index (χ1n) is 10.2. The lowest BCUT2D eigenvalue weighted by Crippen LogP contribution is -2.38. The van der Waals surface area contributed by atoms with Gasteiger partial charge in [-0.05, 0) is 42.4 Å². The van der Waals surface area contributed by atoms with Crippen LogP contribution in [0.15, 0.2) is 109 Å². The van der Waals surface area contributed by atoms with Gasteiger partial charge in [0.15, 0.2) is 0 Å². The fourth-order valence-corrected chi connectivity index (χ4v) is 3.93. The molecule has 4 aromatic rings. The molecule has 0 bridgehead atoms. The molecule has 4 rings (SSSR count). The fourth-order valence-electron chi connectivity index (χ4n) is 3.93. The van der Waals surface area contributed by atoms with Crippen LogP contribution in [0.3, 0.4) is 0 Å². The minimum atomic E-state index is -0.556. The standard InChI is InChI=1S/C27H27N3/c1-30(2)21-22-18-19-26(28-20-22)29-27(23-12-6-3-7-13-23,24-14-8-4-9-15-24)25-16-10-5-11-17-25/h3-20H,21H2,1-2H3,(H,28,29). The van der Waals surface area contributed by atoms with Crippen LogP contribution in [0.2, 0.25) is 0 Å². The lowest BCUT2D eigenvalue weighted by molar-refractivity contribution is 0.402. The Morgan fingerprint density at radius 2 is 1.13 bits per heavy atom. The summed E-state index contributed by atoms with van der Waals surface area (Å²) in [6.07, 6.45) is 1.95. The zero-order valence-corrected chi connectivity index (χ0v) is 17.5. The van der Waals surface area contributed by atoms with Gasteiger partial charge in [-0.3, -0.25) is 0 Å². The van der Waals surface area contributed by atoms with Crippen molar-refractivity contribution in [3.63, 3.8) is 0 Å². The van der Waals surface area contributed by atoms with E-state index in [0.29, 0.717) is 0 Å². The number of hydrogen-bond acceptors (Lipinski definition) is 3. The molecule has 1 aromatic heterocycles. The summed E-state index contributed by atoms with van der Waals surface area (Å²) in [7, 11) is 4.13. The third-order valence-electron chi connectivity index (χ3n) is 5.26. The van der Waals surface area contributed by atoms with Gasteiger partial charge >= 0.3 is 0 Å². The minimum Gasteiger partial charge on any atom is -0.353 e. The summed E-state index contributed by atoms with van der Waals surface area (Å²) >= 11 is 0. The van der Waals surface area contributed by atoms with Gasteiger partial charge in [-0.2, -0.15) is 0 Å². The van der Waals surface area contributed by atoms with E-state index in [-0.39, 0.29) is 0 Å². The number of rotatable bonds is 7. The molecule has 30 heavy (non-hydrogen) atoms. The molecule has 1 N–H and O–H groups in total. The van der Waals surface area contributed by atoms with Gasteiger partial charge in [0, 0.05) is 12.7 Å². The summed E-state index contributed by atoms with van der Waals surface area (Å²) in [5.74, 6) is 0.842. The van der Waals surface area contributed by atoms with Crippen LogP contribution in [-0.4, -0.2) is 24.0 Å². The molecule has 3 nitrogen and oxygen atoms in total. The zero-order valence-electron chi connectivity index (χ0n) is 17.5. The van der Waals surface area contributed by atoms with E-state index >= 15 is 0 Å². The van der Waals surface area contributed by atoms with Crippen LogP contribution in [0.1, 0.15) is 22.3 Å². The summed E-state index contributed by atoms with van der Waals surface area (Å²) < 4.78 is 0. The Kier molecular flexibility index (Phi) is 5.92. The van der Waals surface area contributed by atoms with E-state index in [2.05, 4.69) is 127 Å². The Morgan fingerprint density at radius 3 is 1.50 bits per heavy atom. The molecule has 0 atom stereocenters. The quantitative estimate of drug-likeness (QED) is 0.417. The second kappa shape index (κ2) is 8.93. The second-order valence-corrected chi connectivity index (χ2v) is 7.76. The van der Waals surface area contributed by atoms with Gasteiger partial charge in [0.2, 0.25) is 0 Å². The number of aromatic nitrogens is 1. The lowest BCUT2D eigenvalue weighted by Gasteiger charge is -2.37. The summed E-state index contributed by atoms with van der Waals surface area (Å²) in [5.41, 5.74) is 4.14. The van der Waals surface area contributed by atoms with Gasteiger partial charge in [0.05, 0.1) is 0 Å². The van der Waals surface area contributed by atoms with Crippen molar-refractivity contribution in [2.24, 2.45) is 0 Å². The molecule has 150 valence electrons. The molecule has 0 aliphatic carbocycles. The molecule has 0 aliphatic rings. The van der Waals surface area contributed by atoms with Gasteiger partial charge < -0.3 is 10.2 Å². The molecule has 0 spiro atoms. The maximum absolute atomic E-state index is 4.76. The summed E-state index contributed by atoms with van der Waals surface area (Å²) in [5, 5.41) is 3.80. The third-order valence-corrected chi connectivity index (χ3v) is 5.26. The van der Waals surface area contributed by atoms with E-state index in [4.69, 9.17) is 4.98 Å². The number of pyridine rings is 1. The Morgan fingerprint density at radius 1 is 0.667 bits per heavy atom. The molecule has 3 heteroatoms. The molecule has 0 fully saturated rings. The number of nitrogens with zero attached hydrogens (tertiary/aromatic N) is 2. The van der Waals surface area contributed by atoms with Crippen LogP contribution in [-0.2, 0) is 12.1 Å². The smallest absolute Gasteiger partial charge is 0.127 e. The normalized spacial score (nSPS) is 11.4. The fraction of sp³-hybridized carbons (Fsp3) is 0.148. The van der Waals surface area contributed by atoms with Crippen molar-refractivity contribution in [1.82, 2.24) is 9.88 Å².